The minimum Gasteiger partial charge on any atom is -0.497 e. The fourth-order valence-electron chi connectivity index (χ4n) is 3.68. The molecule has 172 valence electrons. The number of carbonyl (C=O) groups excluding carboxylic acids is 1. The van der Waals surface area contributed by atoms with E-state index in [0.29, 0.717) is 17.7 Å². The lowest BCUT2D eigenvalue weighted by Crippen LogP contribution is -2.32. The van der Waals surface area contributed by atoms with Gasteiger partial charge in [0.2, 0.25) is 5.91 Å². The third-order valence-electron chi connectivity index (χ3n) is 5.52. The average Bonchev–Trinajstić information content (AvgIpc) is 3.44. The molecule has 0 radical (unpaired) electrons. The topological polar surface area (TPSA) is 104 Å². The number of hydrogen-bond donors (Lipinski definition) is 1. The van der Waals surface area contributed by atoms with Crippen LogP contribution in [0.25, 0.3) is 22.4 Å². The van der Waals surface area contributed by atoms with Gasteiger partial charge in [0.25, 0.3) is 0 Å². The van der Waals surface area contributed by atoms with Gasteiger partial charge in [0.05, 0.1) is 19.9 Å². The van der Waals surface area contributed by atoms with Crippen LogP contribution in [0.5, 0.6) is 11.5 Å². The van der Waals surface area contributed by atoms with Crippen molar-refractivity contribution >= 4 is 17.1 Å². The lowest BCUT2D eigenvalue weighted by molar-refractivity contribution is -0.122. The lowest BCUT2D eigenvalue weighted by Gasteiger charge is -2.06. The molecule has 0 aliphatic rings. The molecule has 0 spiro atoms. The second-order valence-corrected chi connectivity index (χ2v) is 7.64. The third kappa shape index (κ3) is 3.96. The first kappa shape index (κ1) is 21.3. The maximum atomic E-state index is 12.8. The Morgan fingerprint density at radius 3 is 2.29 bits per heavy atom. The molecular weight excluding hydrogens is 436 g/mol. The fraction of sp³-hybridized carbons (Fsp3) is 0.167. The van der Waals surface area contributed by atoms with Crippen molar-refractivity contribution in [1.29, 1.82) is 0 Å². The first-order valence-corrected chi connectivity index (χ1v) is 10.6. The molecule has 0 unspecified atom stereocenters. The molecule has 3 heterocycles. The van der Waals surface area contributed by atoms with Crippen LogP contribution in [0.4, 0.5) is 0 Å². The Morgan fingerprint density at radius 2 is 1.62 bits per heavy atom. The number of aromatic nitrogens is 5. The average molecular weight is 458 g/mol. The number of fused-ring (bicyclic) bond motifs is 3. The van der Waals surface area contributed by atoms with Crippen LogP contribution < -0.4 is 20.5 Å². The Kier molecular flexibility index (Phi) is 5.46. The summed E-state index contributed by atoms with van der Waals surface area (Å²) in [7, 11) is 3.21. The Bertz CT molecular complexity index is 1530. The Morgan fingerprint density at radius 1 is 0.941 bits per heavy atom. The van der Waals surface area contributed by atoms with Crippen LogP contribution in [-0.4, -0.2) is 43.9 Å². The molecule has 1 amide bonds. The molecule has 0 fully saturated rings. The minimum atomic E-state index is -0.399. The highest BCUT2D eigenvalue weighted by molar-refractivity contribution is 5.78. The molecule has 0 aliphatic carbocycles. The number of amides is 1. The van der Waals surface area contributed by atoms with E-state index in [1.54, 1.807) is 31.1 Å². The second kappa shape index (κ2) is 8.74. The standard InChI is InChI=1S/C24H22N6O4/c1-33-18-7-3-16(4-8-18)14-25-22(31)15-30-24(32)28-11-12-29-21(23(28)27-30)13-20(26-29)17-5-9-19(34-2)10-6-17/h3-13H,14-15H2,1-2H3,(H,25,31). The predicted molar refractivity (Wildman–Crippen MR) is 125 cm³/mol. The van der Waals surface area contributed by atoms with Crippen LogP contribution >= 0.6 is 0 Å². The first-order valence-electron chi connectivity index (χ1n) is 10.6. The van der Waals surface area contributed by atoms with Gasteiger partial charge in [0.15, 0.2) is 5.65 Å². The van der Waals surface area contributed by atoms with Crippen LogP contribution in [0.2, 0.25) is 0 Å². The molecule has 10 nitrogen and oxygen atoms in total. The summed E-state index contributed by atoms with van der Waals surface area (Å²) in [4.78, 5) is 25.3. The van der Waals surface area contributed by atoms with E-state index in [2.05, 4.69) is 15.5 Å². The summed E-state index contributed by atoms with van der Waals surface area (Å²) in [5.74, 6) is 1.18. The maximum Gasteiger partial charge on any atom is 0.350 e. The van der Waals surface area contributed by atoms with Crippen LogP contribution in [0.15, 0.2) is 71.8 Å². The number of nitrogens with zero attached hydrogens (tertiary/aromatic N) is 5. The first-order chi connectivity index (χ1) is 16.6. The summed E-state index contributed by atoms with van der Waals surface area (Å²) < 4.78 is 14.6. The second-order valence-electron chi connectivity index (χ2n) is 7.64. The molecular formula is C24H22N6O4. The lowest BCUT2D eigenvalue weighted by atomic mass is 10.1. The highest BCUT2D eigenvalue weighted by Crippen LogP contribution is 2.23. The minimum absolute atomic E-state index is 0.192. The van der Waals surface area contributed by atoms with Crippen LogP contribution in [0.3, 0.4) is 0 Å². The zero-order valence-electron chi connectivity index (χ0n) is 18.6. The summed E-state index contributed by atoms with van der Waals surface area (Å²) in [6.45, 7) is 0.144. The van der Waals surface area contributed by atoms with Crippen molar-refractivity contribution in [2.24, 2.45) is 0 Å². The van der Waals surface area contributed by atoms with E-state index >= 15 is 0 Å². The van der Waals surface area contributed by atoms with Crippen LogP contribution in [0, 0.1) is 0 Å². The smallest absolute Gasteiger partial charge is 0.350 e. The molecule has 10 heteroatoms. The van der Waals surface area contributed by atoms with Crippen molar-refractivity contribution in [1.82, 2.24) is 29.1 Å². The van der Waals surface area contributed by atoms with Crippen molar-refractivity contribution < 1.29 is 14.3 Å². The highest BCUT2D eigenvalue weighted by Gasteiger charge is 2.15. The SMILES string of the molecule is COc1ccc(CNC(=O)Cn2nc3c4cc(-c5ccc(OC)cc5)nn4ccn3c2=O)cc1. The number of benzene rings is 2. The van der Waals surface area contributed by atoms with Gasteiger partial charge in [-0.15, -0.1) is 5.10 Å². The monoisotopic (exact) mass is 458 g/mol. The quantitative estimate of drug-likeness (QED) is 0.401. The van der Waals surface area contributed by atoms with Gasteiger partial charge < -0.3 is 14.8 Å². The van der Waals surface area contributed by atoms with Gasteiger partial charge in [-0.1, -0.05) is 12.1 Å². The van der Waals surface area contributed by atoms with Crippen LogP contribution in [-0.2, 0) is 17.9 Å². The predicted octanol–water partition coefficient (Wildman–Crippen LogP) is 2.14. The summed E-state index contributed by atoms with van der Waals surface area (Å²) in [5, 5.41) is 11.8. The Labute approximate surface area is 194 Å². The number of carbonyl (C=O) groups is 1. The number of methoxy groups -OCH3 is 2. The summed E-state index contributed by atoms with van der Waals surface area (Å²) in [6.07, 6.45) is 3.28. The molecule has 3 aromatic heterocycles. The van der Waals surface area contributed by atoms with Gasteiger partial charge in [-0.25, -0.2) is 18.4 Å². The Balaban J connectivity index is 1.38. The molecule has 34 heavy (non-hydrogen) atoms. The number of rotatable bonds is 7. The van der Waals surface area contributed by atoms with Crippen molar-refractivity contribution in [2.45, 2.75) is 13.1 Å². The molecule has 0 aliphatic heterocycles. The van der Waals surface area contributed by atoms with E-state index in [-0.39, 0.29) is 12.5 Å². The summed E-state index contributed by atoms with van der Waals surface area (Å²) in [5.41, 5.74) is 3.23. The molecule has 1 N–H and O–H groups in total. The number of nitrogens with one attached hydrogen (secondary N) is 1. The zero-order valence-corrected chi connectivity index (χ0v) is 18.6. The molecule has 0 atom stereocenters. The van der Waals surface area contributed by atoms with Crippen molar-refractivity contribution in [3.8, 4) is 22.8 Å². The van der Waals surface area contributed by atoms with Gasteiger partial charge in [-0.3, -0.25) is 4.79 Å². The molecule has 0 saturated carbocycles. The van der Waals surface area contributed by atoms with E-state index in [9.17, 15) is 9.59 Å². The third-order valence-corrected chi connectivity index (χ3v) is 5.52. The molecule has 5 aromatic rings. The highest BCUT2D eigenvalue weighted by atomic mass is 16.5. The molecule has 0 bridgehead atoms. The number of ether oxygens (including phenoxy) is 2. The Hall–Kier alpha value is -4.60. The zero-order chi connectivity index (χ0) is 23.7. The maximum absolute atomic E-state index is 12.8. The largest absolute Gasteiger partial charge is 0.497 e. The van der Waals surface area contributed by atoms with Gasteiger partial charge >= 0.3 is 5.69 Å². The van der Waals surface area contributed by atoms with Crippen molar-refractivity contribution in [3.63, 3.8) is 0 Å². The molecule has 0 saturated heterocycles. The molecule has 2 aromatic carbocycles. The van der Waals surface area contributed by atoms with E-state index in [4.69, 9.17) is 9.47 Å². The summed E-state index contributed by atoms with van der Waals surface area (Å²) in [6, 6.07) is 16.8. The van der Waals surface area contributed by atoms with Gasteiger partial charge in [0, 0.05) is 24.5 Å². The summed E-state index contributed by atoms with van der Waals surface area (Å²) >= 11 is 0. The van der Waals surface area contributed by atoms with E-state index in [1.807, 2.05) is 54.6 Å². The van der Waals surface area contributed by atoms with E-state index in [1.165, 1.54) is 4.40 Å². The van der Waals surface area contributed by atoms with Gasteiger partial charge in [0.1, 0.15) is 23.6 Å². The number of hydrogen-bond acceptors (Lipinski definition) is 6. The van der Waals surface area contributed by atoms with Crippen molar-refractivity contribution in [2.75, 3.05) is 14.2 Å². The van der Waals surface area contributed by atoms with E-state index < -0.39 is 5.69 Å². The van der Waals surface area contributed by atoms with Crippen LogP contribution in [0.1, 0.15) is 5.56 Å². The normalized spacial score (nSPS) is 11.1. The van der Waals surface area contributed by atoms with Gasteiger partial charge in [-0.05, 0) is 48.0 Å². The van der Waals surface area contributed by atoms with Gasteiger partial charge in [-0.2, -0.15) is 5.10 Å². The fourth-order valence-corrected chi connectivity index (χ4v) is 3.68. The molecule has 5 rings (SSSR count). The van der Waals surface area contributed by atoms with E-state index in [0.717, 1.165) is 33.0 Å². The van der Waals surface area contributed by atoms with Crippen molar-refractivity contribution in [3.05, 3.63) is 83.0 Å².